The van der Waals surface area contributed by atoms with Crippen LogP contribution in [-0.2, 0) is 19.9 Å². The molecule has 4 aliphatic heterocycles. The largest absolute Gasteiger partial charge is 0.495 e. The molecule has 0 aromatic heterocycles. The number of hydrogen-bond acceptors (Lipinski definition) is 7. The van der Waals surface area contributed by atoms with Gasteiger partial charge in [-0.2, -0.15) is 0 Å². The number of rotatable bonds is 3. The van der Waals surface area contributed by atoms with Crippen LogP contribution in [-0.4, -0.2) is 47.2 Å². The molecule has 6 rings (SSSR count). The second-order valence-corrected chi connectivity index (χ2v) is 9.83. The Morgan fingerprint density at radius 3 is 2.69 bits per heavy atom. The Balaban J connectivity index is 1.57. The predicted molar refractivity (Wildman–Crippen MR) is 125 cm³/mol. The monoisotopic (exact) mass is 496 g/mol. The number of nitrogens with one attached hydrogen (secondary N) is 1. The maximum absolute atomic E-state index is 14.1. The molecule has 3 fully saturated rings. The summed E-state index contributed by atoms with van der Waals surface area (Å²) in [4.78, 5) is 55.5. The molecule has 0 saturated carbocycles. The number of methoxy groups -OCH3 is 1. The molecule has 0 aliphatic carbocycles. The molecule has 2 aromatic rings. The van der Waals surface area contributed by atoms with Crippen LogP contribution in [0.5, 0.6) is 5.75 Å². The summed E-state index contributed by atoms with van der Waals surface area (Å²) in [7, 11) is 1.36. The Bertz CT molecular complexity index is 1360. The van der Waals surface area contributed by atoms with Crippen LogP contribution in [0.3, 0.4) is 0 Å². The molecule has 0 bridgehead atoms. The normalized spacial score (nSPS) is 28.9. The van der Waals surface area contributed by atoms with Crippen LogP contribution < -0.4 is 15.0 Å². The summed E-state index contributed by atoms with van der Waals surface area (Å²) in [5.41, 5.74) is 0.236. The second kappa shape index (κ2) is 7.25. The molecular formula is C24H21ClN4O6. The fourth-order valence-electron chi connectivity index (χ4n) is 6.60. The molecule has 35 heavy (non-hydrogen) atoms. The van der Waals surface area contributed by atoms with Crippen LogP contribution >= 0.6 is 11.6 Å². The van der Waals surface area contributed by atoms with Crippen molar-refractivity contribution in [1.82, 2.24) is 4.90 Å². The third kappa shape index (κ3) is 2.61. The number of hydrogen-bond donors (Lipinski definition) is 1. The average molecular weight is 497 g/mol. The summed E-state index contributed by atoms with van der Waals surface area (Å²) in [6.07, 6.45) is 1.43. The summed E-state index contributed by atoms with van der Waals surface area (Å²) in [5.74, 6) is -3.05. The zero-order valence-corrected chi connectivity index (χ0v) is 19.7. The van der Waals surface area contributed by atoms with E-state index in [9.17, 15) is 24.5 Å². The standard InChI is InChI=1S/C24H21ClN4O6/c1-11-8-13-20(14(25)9-11)26-23(32)24(13)19-18(15-4-3-7-27(15)24)21(30)28(22(19)31)16-10-12(29(33)34)5-6-17(16)35-2/h5-6,8-10,15,18-19H,3-4,7H2,1-2H3,(H,26,32)/t15-,18+,19+,24-/m0/s1. The quantitative estimate of drug-likeness (QED) is 0.393. The molecule has 10 nitrogen and oxygen atoms in total. The number of fused-ring (bicyclic) bond motifs is 7. The van der Waals surface area contributed by atoms with Gasteiger partial charge >= 0.3 is 0 Å². The van der Waals surface area contributed by atoms with E-state index >= 15 is 0 Å². The van der Waals surface area contributed by atoms with E-state index in [-0.39, 0.29) is 29.1 Å². The van der Waals surface area contributed by atoms with E-state index in [1.807, 2.05) is 17.9 Å². The van der Waals surface area contributed by atoms with Crippen molar-refractivity contribution < 1.29 is 24.0 Å². The van der Waals surface area contributed by atoms with Crippen molar-refractivity contribution in [3.05, 3.63) is 56.6 Å². The summed E-state index contributed by atoms with van der Waals surface area (Å²) in [5, 5.41) is 14.7. The van der Waals surface area contributed by atoms with Crippen LogP contribution in [0.1, 0.15) is 24.0 Å². The van der Waals surface area contributed by atoms with Gasteiger partial charge in [-0.25, -0.2) is 4.90 Å². The summed E-state index contributed by atoms with van der Waals surface area (Å²) in [6, 6.07) is 7.06. The van der Waals surface area contributed by atoms with Crippen molar-refractivity contribution in [2.75, 3.05) is 23.9 Å². The van der Waals surface area contributed by atoms with Gasteiger partial charge in [0.15, 0.2) is 0 Å². The number of nitrogens with zero attached hydrogens (tertiary/aromatic N) is 3. The summed E-state index contributed by atoms with van der Waals surface area (Å²) >= 11 is 6.49. The molecular weight excluding hydrogens is 476 g/mol. The van der Waals surface area contributed by atoms with Gasteiger partial charge in [0.2, 0.25) is 11.8 Å². The van der Waals surface area contributed by atoms with Crippen LogP contribution in [0.2, 0.25) is 5.02 Å². The molecule has 4 aliphatic rings. The first-order valence-corrected chi connectivity index (χ1v) is 11.7. The van der Waals surface area contributed by atoms with E-state index in [0.29, 0.717) is 29.2 Å². The zero-order chi connectivity index (χ0) is 24.8. The summed E-state index contributed by atoms with van der Waals surface area (Å²) in [6.45, 7) is 2.43. The Hall–Kier alpha value is -3.50. The highest BCUT2D eigenvalue weighted by Gasteiger charge is 2.75. The van der Waals surface area contributed by atoms with E-state index in [2.05, 4.69) is 5.32 Å². The van der Waals surface area contributed by atoms with Crippen LogP contribution in [0.15, 0.2) is 30.3 Å². The number of halogens is 1. The fourth-order valence-corrected chi connectivity index (χ4v) is 6.92. The molecule has 0 radical (unpaired) electrons. The number of imide groups is 1. The highest BCUT2D eigenvalue weighted by Crippen LogP contribution is 2.62. The molecule has 4 heterocycles. The molecule has 0 unspecified atom stereocenters. The molecule has 3 amide bonds. The van der Waals surface area contributed by atoms with E-state index < -0.39 is 34.1 Å². The third-order valence-corrected chi connectivity index (χ3v) is 8.11. The van der Waals surface area contributed by atoms with Crippen molar-refractivity contribution in [1.29, 1.82) is 0 Å². The minimum Gasteiger partial charge on any atom is -0.495 e. The molecule has 180 valence electrons. The predicted octanol–water partition coefficient (Wildman–Crippen LogP) is 3.00. The SMILES string of the molecule is COc1ccc([N+](=O)[O-])cc1N1C(=O)[C@@H]2[C@@H]3CCCN3[C@]3(C(=O)Nc4c(Cl)cc(C)cc43)[C@H]2C1=O. The highest BCUT2D eigenvalue weighted by atomic mass is 35.5. The molecule has 4 atom stereocenters. The van der Waals surface area contributed by atoms with Gasteiger partial charge < -0.3 is 10.1 Å². The maximum atomic E-state index is 14.1. The van der Waals surface area contributed by atoms with Crippen molar-refractivity contribution in [2.45, 2.75) is 31.3 Å². The minimum absolute atomic E-state index is 0.00620. The third-order valence-electron chi connectivity index (χ3n) is 7.81. The van der Waals surface area contributed by atoms with Crippen LogP contribution in [0.25, 0.3) is 0 Å². The highest BCUT2D eigenvalue weighted by molar-refractivity contribution is 6.35. The number of nitro benzene ring substituents is 1. The van der Waals surface area contributed by atoms with E-state index in [4.69, 9.17) is 16.3 Å². The van der Waals surface area contributed by atoms with Gasteiger partial charge in [0, 0.05) is 23.7 Å². The molecule has 1 spiro atoms. The Kier molecular flexibility index (Phi) is 4.56. The first-order chi connectivity index (χ1) is 16.7. The number of benzene rings is 2. The lowest BCUT2D eigenvalue weighted by atomic mass is 9.75. The van der Waals surface area contributed by atoms with Crippen molar-refractivity contribution in [3.63, 3.8) is 0 Å². The number of non-ortho nitro benzene ring substituents is 1. The van der Waals surface area contributed by atoms with Gasteiger partial charge in [-0.15, -0.1) is 0 Å². The minimum atomic E-state index is -1.38. The number of carbonyl (C=O) groups excluding carboxylic acids is 3. The Morgan fingerprint density at radius 2 is 1.97 bits per heavy atom. The molecule has 3 saturated heterocycles. The number of carbonyl (C=O) groups is 3. The topological polar surface area (TPSA) is 122 Å². The molecule has 11 heteroatoms. The van der Waals surface area contributed by atoms with Gasteiger partial charge in [-0.1, -0.05) is 17.7 Å². The first-order valence-electron chi connectivity index (χ1n) is 11.3. The van der Waals surface area contributed by atoms with E-state index in [0.717, 1.165) is 16.9 Å². The number of amides is 3. The zero-order valence-electron chi connectivity index (χ0n) is 18.9. The van der Waals surface area contributed by atoms with Gasteiger partial charge in [0.25, 0.3) is 11.6 Å². The van der Waals surface area contributed by atoms with Crippen molar-refractivity contribution in [2.24, 2.45) is 11.8 Å². The van der Waals surface area contributed by atoms with Crippen molar-refractivity contribution >= 4 is 46.4 Å². The van der Waals surface area contributed by atoms with Gasteiger partial charge in [0.1, 0.15) is 17.0 Å². The molecule has 1 N–H and O–H groups in total. The van der Waals surface area contributed by atoms with Crippen LogP contribution in [0.4, 0.5) is 17.1 Å². The first kappa shape index (κ1) is 22.0. The fraction of sp³-hybridized carbons (Fsp3) is 0.375. The lowest BCUT2D eigenvalue weighted by Gasteiger charge is -2.36. The van der Waals surface area contributed by atoms with Gasteiger partial charge in [-0.05, 0) is 44.0 Å². The van der Waals surface area contributed by atoms with Gasteiger partial charge in [0.05, 0.1) is 34.6 Å². The number of anilines is 2. The average Bonchev–Trinajstić information content (AvgIpc) is 3.52. The summed E-state index contributed by atoms with van der Waals surface area (Å²) < 4.78 is 5.35. The Morgan fingerprint density at radius 1 is 1.20 bits per heavy atom. The Labute approximate surface area is 204 Å². The number of nitro groups is 1. The lowest BCUT2D eigenvalue weighted by Crippen LogP contribution is -2.54. The molecule has 2 aromatic carbocycles. The van der Waals surface area contributed by atoms with Crippen LogP contribution in [0, 0.1) is 28.9 Å². The number of aryl methyl sites for hydroxylation is 1. The smallest absolute Gasteiger partial charge is 0.271 e. The lowest BCUT2D eigenvalue weighted by molar-refractivity contribution is -0.384. The van der Waals surface area contributed by atoms with Crippen molar-refractivity contribution in [3.8, 4) is 5.75 Å². The second-order valence-electron chi connectivity index (χ2n) is 9.42. The maximum Gasteiger partial charge on any atom is 0.271 e. The number of ether oxygens (including phenoxy) is 1. The van der Waals surface area contributed by atoms with E-state index in [1.54, 1.807) is 6.07 Å². The van der Waals surface area contributed by atoms with Gasteiger partial charge in [-0.3, -0.25) is 29.4 Å². The van der Waals surface area contributed by atoms with E-state index in [1.165, 1.54) is 25.3 Å².